The number of benzene rings is 2. The first-order valence-electron chi connectivity index (χ1n) is 7.71. The maximum atomic E-state index is 9.31. The van der Waals surface area contributed by atoms with Gasteiger partial charge in [-0.2, -0.15) is 0 Å². The normalized spacial score (nSPS) is 21.6. The predicted octanol–water partition coefficient (Wildman–Crippen LogP) is 1.81. The number of phenolic OH excluding ortho intramolecular Hbond substituents is 2. The standard InChI is InChI=1S/C18H22N2O2/c21-17-5-1-13(2-6-17)9-15-11-20-16(12-19-15)10-14-3-7-18(22)8-4-14/h1-8,15-16,19-22H,9-12H2. The van der Waals surface area contributed by atoms with Crippen molar-refractivity contribution in [2.45, 2.75) is 24.9 Å². The van der Waals surface area contributed by atoms with E-state index in [-0.39, 0.29) is 0 Å². The molecule has 4 nitrogen and oxygen atoms in total. The highest BCUT2D eigenvalue weighted by Gasteiger charge is 2.20. The van der Waals surface area contributed by atoms with Crippen LogP contribution < -0.4 is 10.6 Å². The van der Waals surface area contributed by atoms with Crippen LogP contribution in [0.3, 0.4) is 0 Å². The summed E-state index contributed by atoms with van der Waals surface area (Å²) in [5.41, 5.74) is 2.46. The van der Waals surface area contributed by atoms with E-state index >= 15 is 0 Å². The molecule has 2 aromatic carbocycles. The quantitative estimate of drug-likeness (QED) is 0.695. The zero-order valence-corrected chi connectivity index (χ0v) is 12.5. The lowest BCUT2D eigenvalue weighted by atomic mass is 10.00. The first kappa shape index (κ1) is 14.9. The average Bonchev–Trinajstić information content (AvgIpc) is 2.54. The lowest BCUT2D eigenvalue weighted by molar-refractivity contribution is 0.342. The third kappa shape index (κ3) is 4.00. The Bertz CT molecular complexity index is 532. The Kier molecular flexibility index (Phi) is 4.61. The Morgan fingerprint density at radius 1 is 0.682 bits per heavy atom. The number of piperazine rings is 1. The van der Waals surface area contributed by atoms with Crippen molar-refractivity contribution in [2.24, 2.45) is 0 Å². The molecule has 0 radical (unpaired) electrons. The summed E-state index contributed by atoms with van der Waals surface area (Å²) in [5.74, 6) is 0.625. The molecule has 0 bridgehead atoms. The first-order chi connectivity index (χ1) is 10.7. The van der Waals surface area contributed by atoms with Crippen molar-refractivity contribution in [3.8, 4) is 11.5 Å². The second kappa shape index (κ2) is 6.81. The van der Waals surface area contributed by atoms with Crippen molar-refractivity contribution >= 4 is 0 Å². The minimum atomic E-state index is 0.312. The topological polar surface area (TPSA) is 64.5 Å². The summed E-state index contributed by atoms with van der Waals surface area (Å²) < 4.78 is 0. The van der Waals surface area contributed by atoms with Crippen molar-refractivity contribution in [1.29, 1.82) is 0 Å². The van der Waals surface area contributed by atoms with Crippen LogP contribution in [0.2, 0.25) is 0 Å². The highest BCUT2D eigenvalue weighted by atomic mass is 16.3. The molecule has 1 aliphatic rings. The first-order valence-corrected chi connectivity index (χ1v) is 7.71. The van der Waals surface area contributed by atoms with Crippen LogP contribution in [0.1, 0.15) is 11.1 Å². The maximum absolute atomic E-state index is 9.31. The molecule has 2 unspecified atom stereocenters. The van der Waals surface area contributed by atoms with E-state index in [1.807, 2.05) is 24.3 Å². The lowest BCUT2D eigenvalue weighted by Crippen LogP contribution is -2.55. The van der Waals surface area contributed by atoms with Crippen LogP contribution in [-0.2, 0) is 12.8 Å². The van der Waals surface area contributed by atoms with Crippen molar-refractivity contribution < 1.29 is 10.2 Å². The fraction of sp³-hybridized carbons (Fsp3) is 0.333. The maximum Gasteiger partial charge on any atom is 0.115 e. The summed E-state index contributed by atoms with van der Waals surface area (Å²) in [4.78, 5) is 0. The molecule has 2 aromatic rings. The van der Waals surface area contributed by atoms with Gasteiger partial charge in [0.05, 0.1) is 0 Å². The van der Waals surface area contributed by atoms with E-state index in [4.69, 9.17) is 0 Å². The molecule has 1 heterocycles. The molecule has 0 aromatic heterocycles. The Hall–Kier alpha value is -2.04. The zero-order valence-electron chi connectivity index (χ0n) is 12.5. The van der Waals surface area contributed by atoms with Gasteiger partial charge in [-0.15, -0.1) is 0 Å². The third-order valence-corrected chi connectivity index (χ3v) is 4.14. The van der Waals surface area contributed by atoms with Gasteiger partial charge in [0.1, 0.15) is 11.5 Å². The van der Waals surface area contributed by atoms with Crippen LogP contribution in [0.4, 0.5) is 0 Å². The van der Waals surface area contributed by atoms with Crippen LogP contribution >= 0.6 is 0 Å². The molecule has 1 fully saturated rings. The monoisotopic (exact) mass is 298 g/mol. The van der Waals surface area contributed by atoms with Gasteiger partial charge in [0.15, 0.2) is 0 Å². The summed E-state index contributed by atoms with van der Waals surface area (Å²) in [5, 5.41) is 25.8. The van der Waals surface area contributed by atoms with E-state index < -0.39 is 0 Å². The van der Waals surface area contributed by atoms with Crippen molar-refractivity contribution in [3.05, 3.63) is 59.7 Å². The minimum absolute atomic E-state index is 0.312. The molecule has 0 saturated carbocycles. The fourth-order valence-electron chi connectivity index (χ4n) is 2.88. The second-order valence-corrected chi connectivity index (χ2v) is 5.95. The van der Waals surface area contributed by atoms with E-state index in [1.165, 1.54) is 11.1 Å². The molecular weight excluding hydrogens is 276 g/mol. The number of hydrogen-bond acceptors (Lipinski definition) is 4. The largest absolute Gasteiger partial charge is 0.508 e. The summed E-state index contributed by atoms with van der Waals surface area (Å²) in [7, 11) is 0. The van der Waals surface area contributed by atoms with Gasteiger partial charge in [-0.25, -0.2) is 0 Å². The molecule has 0 spiro atoms. The molecule has 4 N–H and O–H groups in total. The number of hydrogen-bond donors (Lipinski definition) is 4. The van der Waals surface area contributed by atoms with Crippen LogP contribution in [0.25, 0.3) is 0 Å². The van der Waals surface area contributed by atoms with E-state index in [0.717, 1.165) is 25.9 Å². The number of aromatic hydroxyl groups is 2. The van der Waals surface area contributed by atoms with Crippen molar-refractivity contribution in [2.75, 3.05) is 13.1 Å². The summed E-state index contributed by atoms with van der Waals surface area (Å²) in [6.07, 6.45) is 1.92. The van der Waals surface area contributed by atoms with E-state index in [0.29, 0.717) is 23.6 Å². The highest BCUT2D eigenvalue weighted by Crippen LogP contribution is 2.14. The van der Waals surface area contributed by atoms with Crippen LogP contribution in [-0.4, -0.2) is 35.4 Å². The SMILES string of the molecule is Oc1ccc(CC2CNC(Cc3ccc(O)cc3)CN2)cc1. The van der Waals surface area contributed by atoms with E-state index in [1.54, 1.807) is 24.3 Å². The van der Waals surface area contributed by atoms with Gasteiger partial charge >= 0.3 is 0 Å². The van der Waals surface area contributed by atoms with Gasteiger partial charge < -0.3 is 20.8 Å². The van der Waals surface area contributed by atoms with Crippen LogP contribution in [0, 0.1) is 0 Å². The van der Waals surface area contributed by atoms with E-state index in [9.17, 15) is 10.2 Å². The molecular formula is C18H22N2O2. The highest BCUT2D eigenvalue weighted by molar-refractivity contribution is 5.27. The van der Waals surface area contributed by atoms with Gasteiger partial charge in [-0.05, 0) is 48.2 Å². The summed E-state index contributed by atoms with van der Waals surface area (Å²) in [6.45, 7) is 1.87. The second-order valence-electron chi connectivity index (χ2n) is 5.95. The Morgan fingerprint density at radius 3 is 1.36 bits per heavy atom. The van der Waals surface area contributed by atoms with Gasteiger partial charge in [-0.1, -0.05) is 24.3 Å². The van der Waals surface area contributed by atoms with Gasteiger partial charge in [-0.3, -0.25) is 0 Å². The average molecular weight is 298 g/mol. The Morgan fingerprint density at radius 2 is 1.05 bits per heavy atom. The number of nitrogens with one attached hydrogen (secondary N) is 2. The van der Waals surface area contributed by atoms with Crippen LogP contribution in [0.15, 0.2) is 48.5 Å². The Labute approximate surface area is 130 Å². The molecule has 1 aliphatic heterocycles. The minimum Gasteiger partial charge on any atom is -0.508 e. The lowest BCUT2D eigenvalue weighted by Gasteiger charge is -2.31. The summed E-state index contributed by atoms with van der Waals surface area (Å²) >= 11 is 0. The summed E-state index contributed by atoms with van der Waals surface area (Å²) in [6, 6.07) is 15.7. The predicted molar refractivity (Wildman–Crippen MR) is 87.2 cm³/mol. The molecule has 0 aliphatic carbocycles. The van der Waals surface area contributed by atoms with Crippen molar-refractivity contribution in [1.82, 2.24) is 10.6 Å². The molecule has 22 heavy (non-hydrogen) atoms. The smallest absolute Gasteiger partial charge is 0.115 e. The number of phenols is 2. The number of rotatable bonds is 4. The molecule has 116 valence electrons. The molecule has 2 atom stereocenters. The fourth-order valence-corrected chi connectivity index (χ4v) is 2.88. The Balaban J connectivity index is 1.47. The van der Waals surface area contributed by atoms with Gasteiger partial charge in [0.25, 0.3) is 0 Å². The molecule has 1 saturated heterocycles. The molecule has 0 amide bonds. The molecule has 3 rings (SSSR count). The van der Waals surface area contributed by atoms with E-state index in [2.05, 4.69) is 10.6 Å². The van der Waals surface area contributed by atoms with Gasteiger partial charge in [0.2, 0.25) is 0 Å². The van der Waals surface area contributed by atoms with Crippen LogP contribution in [0.5, 0.6) is 11.5 Å². The molecule has 4 heteroatoms. The van der Waals surface area contributed by atoms with Crippen molar-refractivity contribution in [3.63, 3.8) is 0 Å². The van der Waals surface area contributed by atoms with Gasteiger partial charge in [0, 0.05) is 25.2 Å². The zero-order chi connectivity index (χ0) is 15.4. The third-order valence-electron chi connectivity index (χ3n) is 4.14.